The first-order valence-electron chi connectivity index (χ1n) is 6.45. The van der Waals surface area contributed by atoms with Gasteiger partial charge in [-0.3, -0.25) is 4.79 Å². The largest absolute Gasteiger partial charge is 0.463 e. The van der Waals surface area contributed by atoms with E-state index in [0.717, 1.165) is 12.1 Å². The first-order valence-corrected chi connectivity index (χ1v) is 6.83. The highest BCUT2D eigenvalue weighted by molar-refractivity contribution is 6.31. The van der Waals surface area contributed by atoms with Crippen LogP contribution in [0.3, 0.4) is 0 Å². The number of carbonyl (C=O) groups excluding carboxylic acids is 2. The van der Waals surface area contributed by atoms with Crippen LogP contribution in [0.5, 0.6) is 0 Å². The summed E-state index contributed by atoms with van der Waals surface area (Å²) in [5, 5.41) is 9.31. The molecule has 1 aromatic heterocycles. The van der Waals surface area contributed by atoms with Crippen molar-refractivity contribution >= 4 is 35.2 Å². The van der Waals surface area contributed by atoms with Gasteiger partial charge in [0, 0.05) is 11.8 Å². The fraction of sp³-hybridized carbons (Fsp3) is 0.143. The van der Waals surface area contributed by atoms with Gasteiger partial charge >= 0.3 is 5.97 Å². The molecule has 1 heterocycles. The number of anilines is 1. The highest BCUT2D eigenvalue weighted by Gasteiger charge is 2.17. The average molecular weight is 340 g/mol. The Balaban J connectivity index is 2.12. The van der Waals surface area contributed by atoms with Crippen LogP contribution in [0.1, 0.15) is 23.1 Å². The number of nitrogens with zero attached hydrogens (tertiary/aromatic N) is 2. The summed E-state index contributed by atoms with van der Waals surface area (Å²) in [6.45, 7) is 1.88. The van der Waals surface area contributed by atoms with E-state index in [2.05, 4.69) is 20.3 Å². The van der Waals surface area contributed by atoms with Crippen molar-refractivity contribution in [2.24, 2.45) is 0 Å². The molecule has 0 aliphatic rings. The summed E-state index contributed by atoms with van der Waals surface area (Å²) in [7, 11) is 0. The van der Waals surface area contributed by atoms with Crippen LogP contribution in [-0.2, 0) is 9.53 Å². The monoisotopic (exact) mass is 339 g/mol. The molecule has 0 spiro atoms. The Bertz CT molecular complexity index is 760. The molecule has 0 atom stereocenters. The molecular formula is C14H11ClFN3O4. The van der Waals surface area contributed by atoms with E-state index in [1.54, 1.807) is 6.92 Å². The number of nitrogens with one attached hydrogen (secondary N) is 1. The molecular weight excluding hydrogens is 329 g/mol. The molecule has 9 heteroatoms. The van der Waals surface area contributed by atoms with Gasteiger partial charge in [-0.2, -0.15) is 0 Å². The zero-order chi connectivity index (χ0) is 16.8. The maximum atomic E-state index is 13.1. The molecule has 0 unspecified atom stereocenters. The highest BCUT2D eigenvalue weighted by atomic mass is 35.5. The normalized spacial score (nSPS) is 10.7. The van der Waals surface area contributed by atoms with E-state index in [-0.39, 0.29) is 28.7 Å². The Morgan fingerprint density at radius 1 is 1.43 bits per heavy atom. The summed E-state index contributed by atoms with van der Waals surface area (Å²) in [5.74, 6) is -1.85. The minimum Gasteiger partial charge on any atom is -0.463 e. The van der Waals surface area contributed by atoms with E-state index in [4.69, 9.17) is 16.3 Å². The molecule has 0 radical (unpaired) electrons. The lowest BCUT2D eigenvalue weighted by Crippen LogP contribution is -2.13. The van der Waals surface area contributed by atoms with Crippen LogP contribution in [0.15, 0.2) is 28.9 Å². The van der Waals surface area contributed by atoms with E-state index in [9.17, 15) is 14.0 Å². The van der Waals surface area contributed by atoms with Crippen LogP contribution in [0.25, 0.3) is 6.08 Å². The molecule has 23 heavy (non-hydrogen) atoms. The van der Waals surface area contributed by atoms with E-state index in [1.165, 1.54) is 18.2 Å². The number of hydrogen-bond acceptors (Lipinski definition) is 6. The molecule has 0 saturated carbocycles. The molecule has 2 rings (SSSR count). The van der Waals surface area contributed by atoms with Gasteiger partial charge in [0.05, 0.1) is 11.6 Å². The predicted octanol–water partition coefficient (Wildman–Crippen LogP) is 2.69. The summed E-state index contributed by atoms with van der Waals surface area (Å²) in [5.41, 5.74) is 0.166. The molecule has 0 bridgehead atoms. The maximum Gasteiger partial charge on any atom is 0.330 e. The van der Waals surface area contributed by atoms with Crippen molar-refractivity contribution in [1.29, 1.82) is 0 Å². The number of amides is 1. The van der Waals surface area contributed by atoms with Gasteiger partial charge < -0.3 is 10.1 Å². The van der Waals surface area contributed by atoms with Gasteiger partial charge in [-0.25, -0.2) is 13.8 Å². The summed E-state index contributed by atoms with van der Waals surface area (Å²) < 4.78 is 22.3. The first kappa shape index (κ1) is 16.6. The molecule has 1 N–H and O–H groups in total. The molecule has 0 aliphatic heterocycles. The van der Waals surface area contributed by atoms with Gasteiger partial charge in [0.1, 0.15) is 11.5 Å². The third-order valence-corrected chi connectivity index (χ3v) is 2.86. The topological polar surface area (TPSA) is 94.3 Å². The molecule has 2 aromatic rings. The number of ether oxygens (including phenoxy) is 1. The summed E-state index contributed by atoms with van der Waals surface area (Å²) in [4.78, 5) is 23.3. The lowest BCUT2D eigenvalue weighted by atomic mass is 10.2. The van der Waals surface area contributed by atoms with Gasteiger partial charge in [-0.05, 0) is 41.5 Å². The smallest absolute Gasteiger partial charge is 0.330 e. The number of aromatic nitrogens is 2. The molecule has 0 fully saturated rings. The van der Waals surface area contributed by atoms with Crippen LogP contribution >= 0.6 is 11.6 Å². The third kappa shape index (κ3) is 4.36. The van der Waals surface area contributed by atoms with Gasteiger partial charge in [0.2, 0.25) is 0 Å². The predicted molar refractivity (Wildman–Crippen MR) is 79.3 cm³/mol. The maximum absolute atomic E-state index is 13.1. The van der Waals surface area contributed by atoms with Crippen LogP contribution in [0.2, 0.25) is 5.02 Å². The lowest BCUT2D eigenvalue weighted by molar-refractivity contribution is -0.137. The van der Waals surface area contributed by atoms with Crippen molar-refractivity contribution in [2.75, 3.05) is 11.9 Å². The summed E-state index contributed by atoms with van der Waals surface area (Å²) >= 11 is 5.63. The van der Waals surface area contributed by atoms with Gasteiger partial charge in [-0.1, -0.05) is 11.6 Å². The van der Waals surface area contributed by atoms with Crippen LogP contribution in [-0.4, -0.2) is 28.8 Å². The van der Waals surface area contributed by atoms with E-state index < -0.39 is 17.7 Å². The third-order valence-electron chi connectivity index (χ3n) is 2.57. The van der Waals surface area contributed by atoms with Crippen molar-refractivity contribution in [3.63, 3.8) is 0 Å². The number of halogens is 2. The van der Waals surface area contributed by atoms with Crippen molar-refractivity contribution in [1.82, 2.24) is 10.3 Å². The zero-order valence-electron chi connectivity index (χ0n) is 11.9. The van der Waals surface area contributed by atoms with E-state index in [0.29, 0.717) is 0 Å². The van der Waals surface area contributed by atoms with E-state index in [1.807, 2.05) is 0 Å². The minimum atomic E-state index is -0.655. The molecule has 1 amide bonds. The number of esters is 1. The lowest BCUT2D eigenvalue weighted by Gasteiger charge is -2.03. The molecule has 0 aliphatic carbocycles. The van der Waals surface area contributed by atoms with Crippen LogP contribution in [0, 0.1) is 5.82 Å². The molecule has 7 nitrogen and oxygen atoms in total. The Morgan fingerprint density at radius 2 is 2.22 bits per heavy atom. The van der Waals surface area contributed by atoms with Gasteiger partial charge in [-0.15, -0.1) is 0 Å². The van der Waals surface area contributed by atoms with Crippen molar-refractivity contribution in [3.05, 3.63) is 46.5 Å². The summed E-state index contributed by atoms with van der Waals surface area (Å²) in [6, 6.07) is 3.69. The second-order valence-corrected chi connectivity index (χ2v) is 4.57. The Kier molecular flexibility index (Phi) is 5.42. The Hall–Kier alpha value is -2.74. The number of benzene rings is 1. The van der Waals surface area contributed by atoms with E-state index >= 15 is 0 Å². The standard InChI is InChI=1S/C14H11ClFN3O4/c1-2-22-12(20)6-5-11-13(19-23-18-11)14(21)17-8-3-4-10(16)9(15)7-8/h3-7H,2H2,1H3,(H,17,21). The quantitative estimate of drug-likeness (QED) is 0.664. The Labute approximate surface area is 135 Å². The number of carbonyl (C=O) groups is 2. The minimum absolute atomic E-state index is 0.0451. The SMILES string of the molecule is CCOC(=O)C=Cc1nonc1C(=O)Nc1ccc(F)c(Cl)c1. The van der Waals surface area contributed by atoms with Crippen molar-refractivity contribution < 1.29 is 23.3 Å². The molecule has 1 aromatic carbocycles. The van der Waals surface area contributed by atoms with Gasteiger partial charge in [0.15, 0.2) is 5.69 Å². The zero-order valence-corrected chi connectivity index (χ0v) is 12.6. The second-order valence-electron chi connectivity index (χ2n) is 4.17. The van der Waals surface area contributed by atoms with Crippen LogP contribution in [0.4, 0.5) is 10.1 Å². The fourth-order valence-corrected chi connectivity index (χ4v) is 1.74. The average Bonchev–Trinajstić information content (AvgIpc) is 2.98. The van der Waals surface area contributed by atoms with Crippen molar-refractivity contribution in [3.8, 4) is 0 Å². The fourth-order valence-electron chi connectivity index (χ4n) is 1.56. The number of hydrogen-bond donors (Lipinski definition) is 1. The molecule has 0 saturated heterocycles. The second kappa shape index (κ2) is 7.50. The highest BCUT2D eigenvalue weighted by Crippen LogP contribution is 2.20. The van der Waals surface area contributed by atoms with Crippen molar-refractivity contribution in [2.45, 2.75) is 6.92 Å². The van der Waals surface area contributed by atoms with Gasteiger partial charge in [0.25, 0.3) is 5.91 Å². The van der Waals surface area contributed by atoms with Crippen LogP contribution < -0.4 is 5.32 Å². The first-order chi connectivity index (χ1) is 11.0. The number of rotatable bonds is 5. The Morgan fingerprint density at radius 3 is 2.91 bits per heavy atom. The molecule has 120 valence electrons. The summed E-state index contributed by atoms with van der Waals surface area (Å²) in [6.07, 6.45) is 2.33.